The molecule has 0 spiro atoms. The average molecular weight is 360 g/mol. The van der Waals surface area contributed by atoms with E-state index in [-0.39, 0.29) is 5.75 Å². The maximum absolute atomic E-state index is 13.1. The highest BCUT2D eigenvalue weighted by molar-refractivity contribution is 5.96. The number of rotatable bonds is 3. The fourth-order valence-electron chi connectivity index (χ4n) is 1.88. The Balaban J connectivity index is 2.38. The first-order valence-corrected chi connectivity index (χ1v) is 6.81. The molecular weight excluding hydrogens is 350 g/mol. The van der Waals surface area contributed by atoms with Crippen molar-refractivity contribution >= 4 is 12.0 Å². The summed E-state index contributed by atoms with van der Waals surface area (Å²) in [6.45, 7) is 0. The average Bonchev–Trinajstić information content (AvgIpc) is 2.52. The van der Waals surface area contributed by atoms with Gasteiger partial charge in [0.2, 0.25) is 0 Å². The fraction of sp³-hybridized carbons (Fsp3) is 0.118. The molecule has 0 saturated heterocycles. The van der Waals surface area contributed by atoms with E-state index in [1.165, 1.54) is 24.3 Å². The van der Waals surface area contributed by atoms with Crippen molar-refractivity contribution in [2.75, 3.05) is 0 Å². The van der Waals surface area contributed by atoms with Gasteiger partial charge >= 0.3 is 18.3 Å². The van der Waals surface area contributed by atoms with E-state index in [9.17, 15) is 31.1 Å². The molecule has 0 fully saturated rings. The Labute approximate surface area is 138 Å². The Hall–Kier alpha value is -2.77. The van der Waals surface area contributed by atoms with Crippen LogP contribution in [0.25, 0.3) is 6.08 Å². The monoisotopic (exact) mass is 360 g/mol. The van der Waals surface area contributed by atoms with E-state index in [1.807, 2.05) is 0 Å². The first-order chi connectivity index (χ1) is 11.6. The minimum absolute atomic E-state index is 0.119. The van der Waals surface area contributed by atoms with Gasteiger partial charge in [-0.2, -0.15) is 26.3 Å². The molecule has 0 radical (unpaired) electrons. The Kier molecular flexibility index (Phi) is 5.20. The molecule has 0 aliphatic carbocycles. The van der Waals surface area contributed by atoms with Crippen LogP contribution in [0.15, 0.2) is 60.2 Å². The van der Waals surface area contributed by atoms with E-state index in [4.69, 9.17) is 0 Å². The fourth-order valence-corrected chi connectivity index (χ4v) is 1.88. The summed E-state index contributed by atoms with van der Waals surface area (Å²) in [5.74, 6) is -1.83. The molecule has 0 aromatic heterocycles. The number of hydrogen-bond acceptors (Lipinski definition) is 2. The van der Waals surface area contributed by atoms with E-state index in [0.29, 0.717) is 18.2 Å². The van der Waals surface area contributed by atoms with Crippen LogP contribution in [0.1, 0.15) is 11.1 Å². The van der Waals surface area contributed by atoms with Crippen LogP contribution < -0.4 is 4.74 Å². The van der Waals surface area contributed by atoms with Crippen LogP contribution in [0.3, 0.4) is 0 Å². The molecule has 0 amide bonds. The molecule has 0 unspecified atom stereocenters. The summed E-state index contributed by atoms with van der Waals surface area (Å²) in [6, 6.07) is 10.2. The van der Waals surface area contributed by atoms with Crippen LogP contribution in [-0.2, 0) is 11.0 Å². The van der Waals surface area contributed by atoms with Crippen molar-refractivity contribution in [2.24, 2.45) is 0 Å². The van der Waals surface area contributed by atoms with E-state index in [0.717, 1.165) is 12.1 Å². The SMILES string of the molecule is O=C(Oc1ccccc1)/C(=C/c1cccc(C(F)(F)F)c1)C(F)(F)F. The Bertz CT molecular complexity index is 776. The van der Waals surface area contributed by atoms with Crippen LogP contribution in [0.2, 0.25) is 0 Å². The van der Waals surface area contributed by atoms with Crippen molar-refractivity contribution in [3.05, 3.63) is 71.3 Å². The number of carbonyl (C=O) groups excluding carboxylic acids is 1. The minimum atomic E-state index is -5.10. The molecule has 0 aliphatic heterocycles. The van der Waals surface area contributed by atoms with Crippen LogP contribution in [-0.4, -0.2) is 12.1 Å². The topological polar surface area (TPSA) is 26.3 Å². The second-order valence-electron chi connectivity index (χ2n) is 4.88. The molecule has 0 bridgehead atoms. The van der Waals surface area contributed by atoms with Gasteiger partial charge in [-0.25, -0.2) is 4.79 Å². The molecular formula is C17H10F6O2. The van der Waals surface area contributed by atoms with Crippen molar-refractivity contribution in [2.45, 2.75) is 12.4 Å². The lowest BCUT2D eigenvalue weighted by Crippen LogP contribution is -2.24. The Morgan fingerprint density at radius 1 is 0.880 bits per heavy atom. The highest BCUT2D eigenvalue weighted by atomic mass is 19.4. The number of esters is 1. The van der Waals surface area contributed by atoms with Crippen molar-refractivity contribution in [1.29, 1.82) is 0 Å². The zero-order chi connectivity index (χ0) is 18.7. The van der Waals surface area contributed by atoms with Gasteiger partial charge in [0, 0.05) is 0 Å². The van der Waals surface area contributed by atoms with Crippen LogP contribution in [0, 0.1) is 0 Å². The quantitative estimate of drug-likeness (QED) is 0.323. The third-order valence-corrected chi connectivity index (χ3v) is 3.00. The highest BCUT2D eigenvalue weighted by Gasteiger charge is 2.40. The second kappa shape index (κ2) is 7.00. The first kappa shape index (κ1) is 18.6. The normalized spacial score (nSPS) is 12.8. The van der Waals surface area contributed by atoms with Crippen LogP contribution in [0.5, 0.6) is 5.75 Å². The molecule has 2 aromatic rings. The Morgan fingerprint density at radius 3 is 2.08 bits per heavy atom. The summed E-state index contributed by atoms with van der Waals surface area (Å²) in [7, 11) is 0. The molecule has 0 atom stereocenters. The number of carbonyl (C=O) groups is 1. The standard InChI is InChI=1S/C17H10F6O2/c18-16(19,20)12-6-4-5-11(9-12)10-14(17(21,22)23)15(24)25-13-7-2-1-3-8-13/h1-10H/b14-10-. The maximum Gasteiger partial charge on any atom is 0.423 e. The molecule has 0 N–H and O–H groups in total. The predicted molar refractivity (Wildman–Crippen MR) is 77.6 cm³/mol. The number of halogens is 6. The van der Waals surface area contributed by atoms with Crippen LogP contribution in [0.4, 0.5) is 26.3 Å². The van der Waals surface area contributed by atoms with Gasteiger partial charge in [-0.15, -0.1) is 0 Å². The predicted octanol–water partition coefficient (Wildman–Crippen LogP) is 5.26. The minimum Gasteiger partial charge on any atom is -0.423 e. The summed E-state index contributed by atoms with van der Waals surface area (Å²) < 4.78 is 81.9. The molecule has 2 rings (SSSR count). The number of hydrogen-bond donors (Lipinski definition) is 0. The number of benzene rings is 2. The highest BCUT2D eigenvalue weighted by Crippen LogP contribution is 2.32. The van der Waals surface area contributed by atoms with Crippen molar-refractivity contribution in [3.63, 3.8) is 0 Å². The second-order valence-corrected chi connectivity index (χ2v) is 4.88. The molecule has 8 heteroatoms. The molecule has 0 aliphatic rings. The van der Waals surface area contributed by atoms with Gasteiger partial charge in [0.05, 0.1) is 5.56 Å². The van der Waals surface area contributed by atoms with Gasteiger partial charge in [-0.1, -0.05) is 30.3 Å². The molecule has 0 saturated carbocycles. The Morgan fingerprint density at radius 2 is 1.52 bits per heavy atom. The van der Waals surface area contributed by atoms with Crippen molar-refractivity contribution < 1.29 is 35.9 Å². The van der Waals surface area contributed by atoms with Crippen molar-refractivity contribution in [1.82, 2.24) is 0 Å². The van der Waals surface area contributed by atoms with Gasteiger partial charge in [0.1, 0.15) is 11.3 Å². The molecule has 0 heterocycles. The smallest absolute Gasteiger partial charge is 0.423 e. The maximum atomic E-state index is 13.1. The van der Waals surface area contributed by atoms with E-state index in [2.05, 4.69) is 4.74 Å². The van der Waals surface area contributed by atoms with Crippen molar-refractivity contribution in [3.8, 4) is 5.75 Å². The largest absolute Gasteiger partial charge is 0.423 e. The molecule has 132 valence electrons. The summed E-state index contributed by atoms with van der Waals surface area (Å²) in [4.78, 5) is 11.8. The summed E-state index contributed by atoms with van der Waals surface area (Å²) >= 11 is 0. The summed E-state index contributed by atoms with van der Waals surface area (Å²) in [5.41, 5.74) is -3.26. The van der Waals surface area contributed by atoms with Gasteiger partial charge in [0.15, 0.2) is 0 Å². The number of para-hydroxylation sites is 1. The lowest BCUT2D eigenvalue weighted by atomic mass is 10.1. The summed E-state index contributed by atoms with van der Waals surface area (Å²) in [6.07, 6.45) is -9.49. The zero-order valence-electron chi connectivity index (χ0n) is 12.4. The number of ether oxygens (including phenoxy) is 1. The van der Waals surface area contributed by atoms with E-state index < -0.39 is 35.0 Å². The van der Waals surface area contributed by atoms with E-state index in [1.54, 1.807) is 6.07 Å². The van der Waals surface area contributed by atoms with E-state index >= 15 is 0 Å². The van der Waals surface area contributed by atoms with Crippen LogP contribution >= 0.6 is 0 Å². The van der Waals surface area contributed by atoms with Gasteiger partial charge in [-0.3, -0.25) is 0 Å². The summed E-state index contributed by atoms with van der Waals surface area (Å²) in [5, 5.41) is 0. The molecule has 2 aromatic carbocycles. The zero-order valence-corrected chi connectivity index (χ0v) is 12.4. The molecule has 2 nitrogen and oxygen atoms in total. The van der Waals surface area contributed by atoms with Gasteiger partial charge in [-0.05, 0) is 35.9 Å². The first-order valence-electron chi connectivity index (χ1n) is 6.81. The lowest BCUT2D eigenvalue weighted by Gasteiger charge is -2.12. The van der Waals surface area contributed by atoms with Gasteiger partial charge in [0.25, 0.3) is 0 Å². The third-order valence-electron chi connectivity index (χ3n) is 3.00. The number of alkyl halides is 6. The van der Waals surface area contributed by atoms with Gasteiger partial charge < -0.3 is 4.74 Å². The lowest BCUT2D eigenvalue weighted by molar-refractivity contribution is -0.142. The molecule has 25 heavy (non-hydrogen) atoms. The third kappa shape index (κ3) is 5.10.